The van der Waals surface area contributed by atoms with Crippen LogP contribution >= 0.6 is 0 Å². The Morgan fingerprint density at radius 3 is 2.71 bits per heavy atom. The molecule has 0 saturated heterocycles. The fourth-order valence-corrected chi connectivity index (χ4v) is 1.60. The Bertz CT molecular complexity index is 417. The van der Waals surface area contributed by atoms with Gasteiger partial charge in [-0.25, -0.2) is 9.18 Å². The molecule has 1 aliphatic carbocycles. The van der Waals surface area contributed by atoms with Gasteiger partial charge in [0.2, 0.25) is 6.08 Å². The average Bonchev–Trinajstić information content (AvgIpc) is 2.91. The van der Waals surface area contributed by atoms with Gasteiger partial charge in [0.1, 0.15) is 5.82 Å². The summed E-state index contributed by atoms with van der Waals surface area (Å²) in [5.41, 5.74) is 1.12. The molecule has 0 aliphatic heterocycles. The second kappa shape index (κ2) is 3.03. The summed E-state index contributed by atoms with van der Waals surface area (Å²) in [6.45, 7) is 1.71. The molecule has 14 heavy (non-hydrogen) atoms. The van der Waals surface area contributed by atoms with Crippen molar-refractivity contribution in [3.63, 3.8) is 0 Å². The number of benzene rings is 1. The average molecular weight is 191 g/mol. The van der Waals surface area contributed by atoms with Crippen LogP contribution in [0.2, 0.25) is 0 Å². The summed E-state index contributed by atoms with van der Waals surface area (Å²) in [5, 5.41) is 0. The van der Waals surface area contributed by atoms with Gasteiger partial charge in [-0.15, -0.1) is 0 Å². The van der Waals surface area contributed by atoms with Gasteiger partial charge in [0.25, 0.3) is 0 Å². The van der Waals surface area contributed by atoms with Crippen molar-refractivity contribution in [1.82, 2.24) is 0 Å². The molecule has 0 amide bonds. The van der Waals surface area contributed by atoms with Gasteiger partial charge in [-0.2, -0.15) is 4.99 Å². The topological polar surface area (TPSA) is 29.4 Å². The van der Waals surface area contributed by atoms with Crippen molar-refractivity contribution < 1.29 is 9.18 Å². The highest BCUT2D eigenvalue weighted by Gasteiger charge is 2.44. The zero-order chi connectivity index (χ0) is 10.2. The smallest absolute Gasteiger partial charge is 0.211 e. The first-order chi connectivity index (χ1) is 6.68. The third-order valence-electron chi connectivity index (χ3n) is 2.68. The van der Waals surface area contributed by atoms with E-state index >= 15 is 0 Å². The quantitative estimate of drug-likeness (QED) is 0.521. The predicted molar refractivity (Wildman–Crippen MR) is 50.2 cm³/mol. The van der Waals surface area contributed by atoms with Gasteiger partial charge in [-0.1, -0.05) is 12.1 Å². The number of aliphatic imine (C=N–C) groups is 1. The van der Waals surface area contributed by atoms with Crippen LogP contribution in [0.4, 0.5) is 4.39 Å². The van der Waals surface area contributed by atoms with E-state index in [0.29, 0.717) is 5.56 Å². The second-order valence-corrected chi connectivity index (χ2v) is 3.70. The lowest BCUT2D eigenvalue weighted by molar-refractivity contribution is 0.556. The van der Waals surface area contributed by atoms with Crippen molar-refractivity contribution in [1.29, 1.82) is 0 Å². The van der Waals surface area contributed by atoms with Crippen LogP contribution < -0.4 is 0 Å². The lowest BCUT2D eigenvalue weighted by atomic mass is 10.0. The van der Waals surface area contributed by atoms with Gasteiger partial charge in [0.15, 0.2) is 0 Å². The van der Waals surface area contributed by atoms with Crippen LogP contribution in [0, 0.1) is 12.7 Å². The Balaban J connectivity index is 2.42. The molecule has 0 heterocycles. The molecule has 0 aromatic heterocycles. The van der Waals surface area contributed by atoms with Crippen molar-refractivity contribution >= 4 is 6.08 Å². The number of halogens is 1. The summed E-state index contributed by atoms with van der Waals surface area (Å²) in [4.78, 5) is 14.0. The van der Waals surface area contributed by atoms with E-state index in [9.17, 15) is 9.18 Å². The van der Waals surface area contributed by atoms with Crippen molar-refractivity contribution in [2.75, 3.05) is 0 Å². The SMILES string of the molecule is Cc1cc(C2(N=C=O)CC2)ccc1F. The highest BCUT2D eigenvalue weighted by molar-refractivity contribution is 5.42. The molecule has 2 rings (SSSR count). The number of hydrogen-bond donors (Lipinski definition) is 0. The van der Waals surface area contributed by atoms with Crippen LogP contribution in [-0.2, 0) is 10.3 Å². The fourth-order valence-electron chi connectivity index (χ4n) is 1.60. The lowest BCUT2D eigenvalue weighted by Gasteiger charge is -2.08. The number of carbonyl (C=O) groups excluding carboxylic acids is 1. The molecule has 1 aromatic rings. The Labute approximate surface area is 81.5 Å². The van der Waals surface area contributed by atoms with Crippen LogP contribution in [0.15, 0.2) is 23.2 Å². The van der Waals surface area contributed by atoms with Crippen LogP contribution in [0.3, 0.4) is 0 Å². The second-order valence-electron chi connectivity index (χ2n) is 3.70. The summed E-state index contributed by atoms with van der Waals surface area (Å²) in [7, 11) is 0. The molecule has 0 spiro atoms. The maximum Gasteiger partial charge on any atom is 0.235 e. The van der Waals surface area contributed by atoms with Crippen molar-refractivity contribution in [3.8, 4) is 0 Å². The summed E-state index contributed by atoms with van der Waals surface area (Å²) in [6, 6.07) is 4.87. The van der Waals surface area contributed by atoms with E-state index in [4.69, 9.17) is 0 Å². The number of hydrogen-bond acceptors (Lipinski definition) is 2. The number of nitrogens with zero attached hydrogens (tertiary/aromatic N) is 1. The molecule has 0 atom stereocenters. The van der Waals surface area contributed by atoms with E-state index < -0.39 is 0 Å². The van der Waals surface area contributed by atoms with E-state index in [-0.39, 0.29) is 11.4 Å². The standard InChI is InChI=1S/C11H10FNO/c1-8-6-9(2-3-10(8)12)11(4-5-11)13-7-14/h2-3,6H,4-5H2,1H3. The van der Waals surface area contributed by atoms with E-state index in [1.165, 1.54) is 6.07 Å². The first-order valence-corrected chi connectivity index (χ1v) is 4.54. The van der Waals surface area contributed by atoms with E-state index in [0.717, 1.165) is 18.4 Å². The van der Waals surface area contributed by atoms with E-state index in [2.05, 4.69) is 4.99 Å². The molecule has 0 bridgehead atoms. The molecule has 0 N–H and O–H groups in total. The fraction of sp³-hybridized carbons (Fsp3) is 0.364. The molecule has 72 valence electrons. The number of isocyanates is 1. The minimum absolute atomic E-state index is 0.223. The van der Waals surface area contributed by atoms with Gasteiger partial charge < -0.3 is 0 Å². The molecular weight excluding hydrogens is 181 g/mol. The zero-order valence-corrected chi connectivity index (χ0v) is 7.88. The van der Waals surface area contributed by atoms with Gasteiger partial charge in [0.05, 0.1) is 5.54 Å². The van der Waals surface area contributed by atoms with E-state index in [1.807, 2.05) is 0 Å². The Morgan fingerprint density at radius 1 is 1.50 bits per heavy atom. The first-order valence-electron chi connectivity index (χ1n) is 4.54. The maximum absolute atomic E-state index is 13.0. The largest absolute Gasteiger partial charge is 0.235 e. The Kier molecular flexibility index (Phi) is 1.97. The maximum atomic E-state index is 13.0. The van der Waals surface area contributed by atoms with Gasteiger partial charge in [-0.05, 0) is 37.0 Å². The first kappa shape index (κ1) is 9.10. The molecular formula is C11H10FNO. The van der Waals surface area contributed by atoms with Crippen molar-refractivity contribution in [3.05, 3.63) is 35.1 Å². The van der Waals surface area contributed by atoms with Gasteiger partial charge in [-0.3, -0.25) is 0 Å². The van der Waals surface area contributed by atoms with Gasteiger partial charge >= 0.3 is 0 Å². The van der Waals surface area contributed by atoms with Gasteiger partial charge in [0, 0.05) is 0 Å². The summed E-state index contributed by atoms with van der Waals surface area (Å²) in [5.74, 6) is -0.223. The predicted octanol–water partition coefficient (Wildman–Crippen LogP) is 2.46. The number of rotatable bonds is 2. The monoisotopic (exact) mass is 191 g/mol. The minimum atomic E-state index is -0.389. The highest BCUT2D eigenvalue weighted by Crippen LogP contribution is 2.49. The third kappa shape index (κ3) is 1.36. The van der Waals surface area contributed by atoms with Crippen LogP contribution in [-0.4, -0.2) is 6.08 Å². The third-order valence-corrected chi connectivity index (χ3v) is 2.68. The van der Waals surface area contributed by atoms with Crippen molar-refractivity contribution in [2.45, 2.75) is 25.3 Å². The zero-order valence-electron chi connectivity index (χ0n) is 7.88. The van der Waals surface area contributed by atoms with E-state index in [1.54, 1.807) is 25.1 Å². The molecule has 3 heteroatoms. The summed E-state index contributed by atoms with van der Waals surface area (Å²) in [6.07, 6.45) is 3.29. The molecule has 0 radical (unpaired) electrons. The molecule has 1 saturated carbocycles. The van der Waals surface area contributed by atoms with Crippen LogP contribution in [0.25, 0.3) is 0 Å². The normalized spacial score (nSPS) is 17.3. The Morgan fingerprint density at radius 2 is 2.21 bits per heavy atom. The molecule has 1 aromatic carbocycles. The molecule has 0 unspecified atom stereocenters. The summed E-state index contributed by atoms with van der Waals surface area (Å²) >= 11 is 0. The highest BCUT2D eigenvalue weighted by atomic mass is 19.1. The molecule has 1 fully saturated rings. The molecule has 1 aliphatic rings. The lowest BCUT2D eigenvalue weighted by Crippen LogP contribution is -2.02. The molecule has 2 nitrogen and oxygen atoms in total. The summed E-state index contributed by atoms with van der Waals surface area (Å²) < 4.78 is 13.0. The van der Waals surface area contributed by atoms with Crippen LogP contribution in [0.5, 0.6) is 0 Å². The van der Waals surface area contributed by atoms with Crippen LogP contribution in [0.1, 0.15) is 24.0 Å². The van der Waals surface area contributed by atoms with Crippen molar-refractivity contribution in [2.24, 2.45) is 4.99 Å². The number of aryl methyl sites for hydroxylation is 1. The Hall–Kier alpha value is -1.47. The minimum Gasteiger partial charge on any atom is -0.211 e.